The van der Waals surface area contributed by atoms with Gasteiger partial charge in [-0.25, -0.2) is 0 Å². The molecule has 3 aromatic rings. The molecular formula is C17H20Cl2N6O2. The maximum Gasteiger partial charge on any atom is 0.240 e. The summed E-state index contributed by atoms with van der Waals surface area (Å²) in [6, 6.07) is 7.40. The summed E-state index contributed by atoms with van der Waals surface area (Å²) in [5.74, 6) is 2.55. The highest BCUT2D eigenvalue weighted by Crippen LogP contribution is 2.28. The summed E-state index contributed by atoms with van der Waals surface area (Å²) in [4.78, 5) is 11.1. The third kappa shape index (κ3) is 4.65. The number of halogens is 2. The first-order valence-electron chi connectivity index (χ1n) is 8.54. The number of hydrogen-bond acceptors (Lipinski definition) is 8. The first-order chi connectivity index (χ1) is 12.7. The Morgan fingerprint density at radius 1 is 1.15 bits per heavy atom. The minimum Gasteiger partial charge on any atom is -0.339 e. The lowest BCUT2D eigenvalue weighted by Gasteiger charge is -2.29. The van der Waals surface area contributed by atoms with Gasteiger partial charge in [-0.3, -0.25) is 4.90 Å². The molecule has 0 amide bonds. The lowest BCUT2D eigenvalue weighted by Crippen LogP contribution is -2.34. The van der Waals surface area contributed by atoms with E-state index in [1.54, 1.807) is 0 Å². The highest BCUT2D eigenvalue weighted by Gasteiger charge is 2.27. The van der Waals surface area contributed by atoms with Gasteiger partial charge in [0.25, 0.3) is 0 Å². The smallest absolute Gasteiger partial charge is 0.240 e. The number of aromatic nitrogens is 4. The van der Waals surface area contributed by atoms with Crippen LogP contribution in [0.5, 0.6) is 0 Å². The fourth-order valence-corrected chi connectivity index (χ4v) is 3.28. The number of likely N-dealkylation sites (tertiary alicyclic amines) is 1. The van der Waals surface area contributed by atoms with E-state index in [1.165, 1.54) is 0 Å². The van der Waals surface area contributed by atoms with Crippen LogP contribution in [0.4, 0.5) is 0 Å². The van der Waals surface area contributed by atoms with E-state index in [1.807, 2.05) is 24.3 Å². The number of nitrogens with two attached hydrogens (primary N) is 1. The molecule has 1 atom stereocenters. The molecule has 1 fully saturated rings. The Balaban J connectivity index is 0.00000210. The van der Waals surface area contributed by atoms with Crippen molar-refractivity contribution < 1.29 is 9.05 Å². The van der Waals surface area contributed by atoms with Crippen molar-refractivity contribution in [3.8, 4) is 11.4 Å². The number of rotatable bonds is 5. The molecule has 1 aromatic carbocycles. The average molecular weight is 411 g/mol. The van der Waals surface area contributed by atoms with Crippen molar-refractivity contribution in [3.63, 3.8) is 0 Å². The molecule has 1 saturated heterocycles. The summed E-state index contributed by atoms with van der Waals surface area (Å²) >= 11 is 5.93. The fourth-order valence-electron chi connectivity index (χ4n) is 3.16. The second kappa shape index (κ2) is 8.79. The van der Waals surface area contributed by atoms with Gasteiger partial charge >= 0.3 is 0 Å². The van der Waals surface area contributed by atoms with Gasteiger partial charge in [0.05, 0.1) is 19.0 Å². The molecule has 1 aliphatic heterocycles. The molecule has 0 aliphatic carbocycles. The van der Waals surface area contributed by atoms with Gasteiger partial charge < -0.3 is 14.8 Å². The summed E-state index contributed by atoms with van der Waals surface area (Å²) in [6.45, 7) is 2.67. The van der Waals surface area contributed by atoms with Crippen LogP contribution in [0.25, 0.3) is 11.4 Å². The first-order valence-corrected chi connectivity index (χ1v) is 8.92. The van der Waals surface area contributed by atoms with Crippen molar-refractivity contribution in [1.82, 2.24) is 25.2 Å². The van der Waals surface area contributed by atoms with Gasteiger partial charge in [0, 0.05) is 17.1 Å². The molecule has 1 aliphatic rings. The quantitative estimate of drug-likeness (QED) is 0.683. The van der Waals surface area contributed by atoms with E-state index in [2.05, 4.69) is 25.2 Å². The maximum absolute atomic E-state index is 5.93. The van der Waals surface area contributed by atoms with E-state index < -0.39 is 0 Å². The van der Waals surface area contributed by atoms with Gasteiger partial charge in [-0.15, -0.1) is 12.4 Å². The Hall–Kier alpha value is -2.00. The molecular weight excluding hydrogens is 391 g/mol. The minimum atomic E-state index is 0. The molecule has 8 nitrogen and oxygen atoms in total. The molecule has 0 spiro atoms. The molecule has 0 radical (unpaired) electrons. The minimum absolute atomic E-state index is 0. The Morgan fingerprint density at radius 3 is 2.70 bits per heavy atom. The Morgan fingerprint density at radius 2 is 1.96 bits per heavy atom. The van der Waals surface area contributed by atoms with Crippen molar-refractivity contribution in [1.29, 1.82) is 0 Å². The summed E-state index contributed by atoms with van der Waals surface area (Å²) < 4.78 is 10.6. The van der Waals surface area contributed by atoms with Crippen molar-refractivity contribution in [3.05, 3.63) is 46.9 Å². The van der Waals surface area contributed by atoms with Crippen LogP contribution in [-0.2, 0) is 13.1 Å². The van der Waals surface area contributed by atoms with Gasteiger partial charge in [0.2, 0.25) is 17.6 Å². The maximum atomic E-state index is 5.93. The van der Waals surface area contributed by atoms with E-state index in [0.29, 0.717) is 35.0 Å². The van der Waals surface area contributed by atoms with Crippen LogP contribution < -0.4 is 5.73 Å². The Labute approximate surface area is 167 Å². The van der Waals surface area contributed by atoms with Crippen molar-refractivity contribution in [2.45, 2.75) is 31.8 Å². The van der Waals surface area contributed by atoms with Crippen LogP contribution in [0.3, 0.4) is 0 Å². The Kier molecular flexibility index (Phi) is 6.43. The highest BCUT2D eigenvalue weighted by atomic mass is 35.5. The standard InChI is InChI=1S/C17H19ClN6O2.ClH/c18-13-5-3-11(4-6-13)16-21-17(26-23-16)12-2-1-7-24(9-12)10-14-20-15(8-19)25-22-14;/h3-6,12H,1-2,7-10,19H2;1H. The predicted octanol–water partition coefficient (Wildman–Crippen LogP) is 3.03. The van der Waals surface area contributed by atoms with Crippen LogP contribution in [-0.4, -0.2) is 38.3 Å². The number of hydrogen-bond donors (Lipinski definition) is 1. The van der Waals surface area contributed by atoms with Crippen LogP contribution in [0.1, 0.15) is 36.4 Å². The summed E-state index contributed by atoms with van der Waals surface area (Å²) in [5, 5.41) is 8.75. The lowest BCUT2D eigenvalue weighted by molar-refractivity contribution is 0.175. The average Bonchev–Trinajstić information content (AvgIpc) is 3.32. The molecule has 0 saturated carbocycles. The summed E-state index contributed by atoms with van der Waals surface area (Å²) in [7, 11) is 0. The molecule has 2 aromatic heterocycles. The molecule has 0 bridgehead atoms. The second-order valence-corrected chi connectivity index (χ2v) is 6.78. The largest absolute Gasteiger partial charge is 0.339 e. The summed E-state index contributed by atoms with van der Waals surface area (Å²) in [6.07, 6.45) is 2.06. The van der Waals surface area contributed by atoms with Gasteiger partial charge in [0.15, 0.2) is 5.82 Å². The van der Waals surface area contributed by atoms with E-state index in [4.69, 9.17) is 26.4 Å². The van der Waals surface area contributed by atoms with Crippen molar-refractivity contribution in [2.24, 2.45) is 5.73 Å². The number of nitrogens with zero attached hydrogens (tertiary/aromatic N) is 5. The molecule has 27 heavy (non-hydrogen) atoms. The zero-order chi connectivity index (χ0) is 17.9. The Bertz CT molecular complexity index is 866. The number of piperidine rings is 1. The van der Waals surface area contributed by atoms with Crippen molar-refractivity contribution in [2.75, 3.05) is 13.1 Å². The molecule has 144 valence electrons. The van der Waals surface area contributed by atoms with Gasteiger partial charge in [0.1, 0.15) is 0 Å². The van der Waals surface area contributed by atoms with E-state index in [9.17, 15) is 0 Å². The fraction of sp³-hybridized carbons (Fsp3) is 0.412. The second-order valence-electron chi connectivity index (χ2n) is 6.35. The zero-order valence-electron chi connectivity index (χ0n) is 14.5. The molecule has 1 unspecified atom stereocenters. The number of benzene rings is 1. The molecule has 10 heteroatoms. The zero-order valence-corrected chi connectivity index (χ0v) is 16.1. The van der Waals surface area contributed by atoms with Crippen LogP contribution in [0, 0.1) is 0 Å². The predicted molar refractivity (Wildman–Crippen MR) is 101 cm³/mol. The molecule has 3 heterocycles. The monoisotopic (exact) mass is 410 g/mol. The van der Waals surface area contributed by atoms with E-state index in [0.717, 1.165) is 31.5 Å². The third-order valence-corrected chi connectivity index (χ3v) is 4.70. The van der Waals surface area contributed by atoms with E-state index >= 15 is 0 Å². The van der Waals surface area contributed by atoms with Gasteiger partial charge in [-0.1, -0.05) is 21.9 Å². The van der Waals surface area contributed by atoms with Crippen LogP contribution in [0.15, 0.2) is 33.3 Å². The molecule has 4 rings (SSSR count). The normalized spacial score (nSPS) is 17.6. The summed E-state index contributed by atoms with van der Waals surface area (Å²) in [5.41, 5.74) is 6.40. The van der Waals surface area contributed by atoms with Crippen LogP contribution in [0.2, 0.25) is 5.02 Å². The van der Waals surface area contributed by atoms with Gasteiger partial charge in [-0.05, 0) is 43.7 Å². The van der Waals surface area contributed by atoms with Crippen molar-refractivity contribution >= 4 is 24.0 Å². The van der Waals surface area contributed by atoms with Crippen LogP contribution >= 0.6 is 24.0 Å². The lowest BCUT2D eigenvalue weighted by atomic mass is 9.98. The SMILES string of the molecule is Cl.NCc1nc(CN2CCCC(c3nc(-c4ccc(Cl)cc4)no3)C2)no1. The molecule has 2 N–H and O–H groups in total. The first kappa shape index (κ1) is 19.8. The van der Waals surface area contributed by atoms with E-state index in [-0.39, 0.29) is 24.9 Å². The van der Waals surface area contributed by atoms with Gasteiger partial charge in [-0.2, -0.15) is 9.97 Å². The third-order valence-electron chi connectivity index (χ3n) is 4.45. The highest BCUT2D eigenvalue weighted by molar-refractivity contribution is 6.30. The topological polar surface area (TPSA) is 107 Å².